The Morgan fingerprint density at radius 2 is 2.50 bits per heavy atom. The monoisotopic (exact) mass is 156 g/mol. The number of aryl methyl sites for hydroxylation is 1. The Bertz CT molecular complexity index is 205. The highest BCUT2D eigenvalue weighted by Crippen LogP contribution is 2.11. The summed E-state index contributed by atoms with van der Waals surface area (Å²) in [7, 11) is 0. The minimum atomic E-state index is 0.227. The third kappa shape index (κ3) is 2.08. The van der Waals surface area contributed by atoms with Gasteiger partial charge in [-0.05, 0) is 13.8 Å². The normalized spacial score (nSPS) is 13.5. The van der Waals surface area contributed by atoms with E-state index < -0.39 is 0 Å². The third-order valence-corrected chi connectivity index (χ3v) is 2.10. The number of nitrogens with two attached hydrogens (primary N) is 1. The van der Waals surface area contributed by atoms with E-state index in [9.17, 15) is 0 Å². The van der Waals surface area contributed by atoms with E-state index >= 15 is 0 Å². The van der Waals surface area contributed by atoms with Gasteiger partial charge in [0.2, 0.25) is 0 Å². The first-order chi connectivity index (χ1) is 4.68. The minimum absolute atomic E-state index is 0.227. The van der Waals surface area contributed by atoms with Crippen LogP contribution in [0.3, 0.4) is 0 Å². The maximum absolute atomic E-state index is 5.60. The molecule has 1 aromatic heterocycles. The Balaban J connectivity index is 2.58. The number of hydrogen-bond acceptors (Lipinski definition) is 3. The molecule has 10 heavy (non-hydrogen) atoms. The first kappa shape index (κ1) is 7.69. The fourth-order valence-electron chi connectivity index (χ4n) is 0.771. The molecule has 2 nitrogen and oxygen atoms in total. The molecule has 1 rings (SSSR count). The zero-order valence-corrected chi connectivity index (χ0v) is 7.11. The van der Waals surface area contributed by atoms with E-state index in [0.29, 0.717) is 0 Å². The lowest BCUT2D eigenvalue weighted by Gasteiger charge is -1.98. The second kappa shape index (κ2) is 3.12. The highest BCUT2D eigenvalue weighted by Gasteiger charge is 2.00. The zero-order valence-electron chi connectivity index (χ0n) is 6.29. The van der Waals surface area contributed by atoms with Gasteiger partial charge in [0.25, 0.3) is 0 Å². The molecule has 0 fully saturated rings. The molecule has 0 aliphatic carbocycles. The van der Waals surface area contributed by atoms with Crippen LogP contribution in [0, 0.1) is 6.92 Å². The molecular formula is C7H12N2S. The molecule has 0 aromatic carbocycles. The van der Waals surface area contributed by atoms with Gasteiger partial charge in [-0.25, -0.2) is 4.98 Å². The molecule has 0 bridgehead atoms. The van der Waals surface area contributed by atoms with Crippen molar-refractivity contribution in [3.8, 4) is 0 Å². The molecule has 0 aliphatic heterocycles. The summed E-state index contributed by atoms with van der Waals surface area (Å²) >= 11 is 1.72. The smallest absolute Gasteiger partial charge is 0.0942 e. The van der Waals surface area contributed by atoms with Gasteiger partial charge in [-0.3, -0.25) is 0 Å². The van der Waals surface area contributed by atoms with Crippen LogP contribution in [0.25, 0.3) is 0 Å². The van der Waals surface area contributed by atoms with E-state index in [0.717, 1.165) is 11.4 Å². The molecule has 2 N–H and O–H groups in total. The van der Waals surface area contributed by atoms with E-state index in [-0.39, 0.29) is 6.04 Å². The van der Waals surface area contributed by atoms with Crippen LogP contribution in [0.15, 0.2) is 6.20 Å². The Labute approximate surface area is 65.1 Å². The van der Waals surface area contributed by atoms with Gasteiger partial charge in [0.15, 0.2) is 0 Å². The van der Waals surface area contributed by atoms with Gasteiger partial charge in [0, 0.05) is 23.5 Å². The van der Waals surface area contributed by atoms with Crippen LogP contribution in [0.5, 0.6) is 0 Å². The van der Waals surface area contributed by atoms with E-state index in [1.54, 1.807) is 11.3 Å². The third-order valence-electron chi connectivity index (χ3n) is 1.17. The maximum atomic E-state index is 5.60. The van der Waals surface area contributed by atoms with Crippen LogP contribution >= 0.6 is 11.3 Å². The lowest BCUT2D eigenvalue weighted by Crippen LogP contribution is -2.17. The topological polar surface area (TPSA) is 38.9 Å². The molecule has 0 saturated carbocycles. The van der Waals surface area contributed by atoms with Gasteiger partial charge in [0.05, 0.1) is 5.01 Å². The average molecular weight is 156 g/mol. The summed E-state index contributed by atoms with van der Waals surface area (Å²) in [5, 5.41) is 1.15. The molecular weight excluding hydrogens is 144 g/mol. The predicted octanol–water partition coefficient (Wildman–Crippen LogP) is 1.34. The Hall–Kier alpha value is -0.410. The van der Waals surface area contributed by atoms with Crippen LogP contribution in [-0.4, -0.2) is 11.0 Å². The summed E-state index contributed by atoms with van der Waals surface area (Å²) in [6.07, 6.45) is 2.79. The van der Waals surface area contributed by atoms with Gasteiger partial charge in [-0.2, -0.15) is 0 Å². The summed E-state index contributed by atoms with van der Waals surface area (Å²) < 4.78 is 0. The largest absolute Gasteiger partial charge is 0.328 e. The molecule has 3 heteroatoms. The van der Waals surface area contributed by atoms with Crippen LogP contribution in [0.2, 0.25) is 0 Å². The Kier molecular flexibility index (Phi) is 2.40. The van der Waals surface area contributed by atoms with Crippen molar-refractivity contribution in [1.29, 1.82) is 0 Å². The van der Waals surface area contributed by atoms with Crippen LogP contribution in [0.4, 0.5) is 0 Å². The number of aromatic nitrogens is 1. The van der Waals surface area contributed by atoms with Crippen LogP contribution in [-0.2, 0) is 6.42 Å². The fourth-order valence-corrected chi connectivity index (χ4v) is 1.70. The van der Waals surface area contributed by atoms with Gasteiger partial charge in [-0.1, -0.05) is 0 Å². The molecule has 0 saturated heterocycles. The highest BCUT2D eigenvalue weighted by molar-refractivity contribution is 7.11. The second-order valence-electron chi connectivity index (χ2n) is 2.55. The molecule has 0 spiro atoms. The van der Waals surface area contributed by atoms with Gasteiger partial charge < -0.3 is 5.73 Å². The molecule has 0 amide bonds. The lowest BCUT2D eigenvalue weighted by atomic mass is 10.3. The first-order valence-electron chi connectivity index (χ1n) is 3.35. The van der Waals surface area contributed by atoms with E-state index in [2.05, 4.69) is 11.9 Å². The summed E-state index contributed by atoms with van der Waals surface area (Å²) in [6.45, 7) is 4.05. The van der Waals surface area contributed by atoms with Crippen molar-refractivity contribution >= 4 is 11.3 Å². The second-order valence-corrected chi connectivity index (χ2v) is 3.87. The zero-order chi connectivity index (χ0) is 7.56. The van der Waals surface area contributed by atoms with Gasteiger partial charge >= 0.3 is 0 Å². The minimum Gasteiger partial charge on any atom is -0.328 e. The average Bonchev–Trinajstić information content (AvgIpc) is 2.13. The molecule has 1 unspecified atom stereocenters. The molecule has 56 valence electrons. The number of hydrogen-bond donors (Lipinski definition) is 1. The van der Waals surface area contributed by atoms with Crippen LogP contribution < -0.4 is 5.73 Å². The quantitative estimate of drug-likeness (QED) is 0.701. The number of nitrogens with zero attached hydrogens (tertiary/aromatic N) is 1. The summed E-state index contributed by atoms with van der Waals surface area (Å²) in [4.78, 5) is 5.45. The lowest BCUT2D eigenvalue weighted by molar-refractivity contribution is 0.734. The fraction of sp³-hybridized carbons (Fsp3) is 0.571. The molecule has 1 heterocycles. The van der Waals surface area contributed by atoms with Gasteiger partial charge in [0.1, 0.15) is 0 Å². The Morgan fingerprint density at radius 3 is 2.90 bits per heavy atom. The Morgan fingerprint density at radius 1 is 1.80 bits per heavy atom. The van der Waals surface area contributed by atoms with E-state index in [4.69, 9.17) is 5.73 Å². The van der Waals surface area contributed by atoms with Crippen molar-refractivity contribution in [1.82, 2.24) is 4.98 Å². The highest BCUT2D eigenvalue weighted by atomic mass is 32.1. The maximum Gasteiger partial charge on any atom is 0.0942 e. The molecule has 1 aromatic rings. The molecule has 0 radical (unpaired) electrons. The summed E-state index contributed by atoms with van der Waals surface area (Å²) in [5.74, 6) is 0. The molecule has 0 aliphatic rings. The van der Waals surface area contributed by atoms with Crippen molar-refractivity contribution in [2.24, 2.45) is 5.73 Å². The van der Waals surface area contributed by atoms with E-state index in [1.807, 2.05) is 13.1 Å². The predicted molar refractivity (Wildman–Crippen MR) is 44.2 cm³/mol. The van der Waals surface area contributed by atoms with Crippen LogP contribution in [0.1, 0.15) is 16.8 Å². The summed E-state index contributed by atoms with van der Waals surface area (Å²) in [5.41, 5.74) is 5.60. The molecule has 1 atom stereocenters. The van der Waals surface area contributed by atoms with Crippen molar-refractivity contribution < 1.29 is 0 Å². The van der Waals surface area contributed by atoms with Crippen molar-refractivity contribution in [2.75, 3.05) is 0 Å². The first-order valence-corrected chi connectivity index (χ1v) is 4.17. The van der Waals surface area contributed by atoms with E-state index in [1.165, 1.54) is 4.88 Å². The standard InChI is InChI=1S/C7H12N2S/c1-5(8)3-7-9-4-6(2)10-7/h4-5H,3,8H2,1-2H3. The van der Waals surface area contributed by atoms with Gasteiger partial charge in [-0.15, -0.1) is 11.3 Å². The van der Waals surface area contributed by atoms with Crippen molar-refractivity contribution in [3.63, 3.8) is 0 Å². The number of rotatable bonds is 2. The van der Waals surface area contributed by atoms with Crippen molar-refractivity contribution in [3.05, 3.63) is 16.1 Å². The number of thiazole rings is 1. The van der Waals surface area contributed by atoms with Crippen molar-refractivity contribution in [2.45, 2.75) is 26.3 Å². The summed E-state index contributed by atoms with van der Waals surface area (Å²) in [6, 6.07) is 0.227. The SMILES string of the molecule is Cc1cnc(CC(C)N)s1.